The van der Waals surface area contributed by atoms with Gasteiger partial charge in [-0.1, -0.05) is 38.0 Å². The Balaban J connectivity index is 1.67. The van der Waals surface area contributed by atoms with Crippen molar-refractivity contribution in [1.82, 2.24) is 10.2 Å². The van der Waals surface area contributed by atoms with Gasteiger partial charge in [0.05, 0.1) is 25.7 Å². The molecule has 6 heteroatoms. The molecular weight excluding hydrogens is 356 g/mol. The lowest BCUT2D eigenvalue weighted by Gasteiger charge is -2.37. The Bertz CT molecular complexity index is 722. The van der Waals surface area contributed by atoms with E-state index in [0.29, 0.717) is 18.7 Å². The molecule has 154 valence electrons. The van der Waals surface area contributed by atoms with E-state index in [9.17, 15) is 14.7 Å². The number of likely N-dealkylation sites (tertiary alicyclic amines) is 1. The summed E-state index contributed by atoms with van der Waals surface area (Å²) in [6, 6.07) is 7.44. The molecule has 0 aromatic heterocycles. The molecule has 0 spiro atoms. The minimum atomic E-state index is -0.406. The maximum absolute atomic E-state index is 12.5. The largest absolute Gasteiger partial charge is 0.496 e. The van der Waals surface area contributed by atoms with Gasteiger partial charge >= 0.3 is 0 Å². The average Bonchev–Trinajstić information content (AvgIpc) is 2.89. The average molecular weight is 389 g/mol. The molecule has 0 unspecified atom stereocenters. The van der Waals surface area contributed by atoms with Gasteiger partial charge in [0.15, 0.2) is 0 Å². The minimum absolute atomic E-state index is 0.0202. The molecular formula is C22H32N2O4. The number of fused-ring (bicyclic) bond motifs is 1. The van der Waals surface area contributed by atoms with E-state index in [1.165, 1.54) is 0 Å². The van der Waals surface area contributed by atoms with Crippen molar-refractivity contribution in [1.29, 1.82) is 0 Å². The molecule has 0 radical (unpaired) electrons. The summed E-state index contributed by atoms with van der Waals surface area (Å²) in [6.45, 7) is 4.10. The molecule has 4 atom stereocenters. The van der Waals surface area contributed by atoms with Crippen LogP contribution in [0.3, 0.4) is 0 Å². The Kier molecular flexibility index (Phi) is 6.28. The quantitative estimate of drug-likeness (QED) is 0.811. The van der Waals surface area contributed by atoms with E-state index < -0.39 is 6.10 Å². The number of benzene rings is 1. The van der Waals surface area contributed by atoms with Gasteiger partial charge in [0, 0.05) is 30.5 Å². The number of carbonyl (C=O) groups excluding carboxylic acids is 2. The lowest BCUT2D eigenvalue weighted by Crippen LogP contribution is -2.48. The van der Waals surface area contributed by atoms with Crippen molar-refractivity contribution in [3.63, 3.8) is 0 Å². The maximum atomic E-state index is 12.5. The number of nitrogens with one attached hydrogen (secondary N) is 1. The van der Waals surface area contributed by atoms with Gasteiger partial charge in [-0.25, -0.2) is 0 Å². The topological polar surface area (TPSA) is 78.9 Å². The summed E-state index contributed by atoms with van der Waals surface area (Å²) in [7, 11) is 1.59. The van der Waals surface area contributed by atoms with Crippen molar-refractivity contribution in [3.8, 4) is 5.75 Å². The van der Waals surface area contributed by atoms with Gasteiger partial charge in [0.25, 0.3) is 0 Å². The Morgan fingerprint density at radius 1 is 1.29 bits per heavy atom. The summed E-state index contributed by atoms with van der Waals surface area (Å²) in [4.78, 5) is 26.8. The van der Waals surface area contributed by atoms with Crippen LogP contribution < -0.4 is 10.1 Å². The maximum Gasteiger partial charge on any atom is 0.224 e. The number of rotatable bonds is 5. The zero-order valence-corrected chi connectivity index (χ0v) is 17.1. The van der Waals surface area contributed by atoms with Gasteiger partial charge in [-0.05, 0) is 25.3 Å². The number of aliphatic hydroxyl groups is 1. The van der Waals surface area contributed by atoms with Crippen LogP contribution in [0, 0.1) is 5.41 Å². The van der Waals surface area contributed by atoms with Crippen molar-refractivity contribution in [3.05, 3.63) is 29.8 Å². The second kappa shape index (κ2) is 8.52. The van der Waals surface area contributed by atoms with Crippen LogP contribution in [-0.2, 0) is 16.0 Å². The molecule has 1 saturated heterocycles. The normalized spacial score (nSPS) is 29.7. The van der Waals surface area contributed by atoms with Crippen LogP contribution in [0.15, 0.2) is 24.3 Å². The third-order valence-electron chi connectivity index (χ3n) is 6.57. The predicted octanol–water partition coefficient (Wildman–Crippen LogP) is 2.28. The molecule has 1 aromatic rings. The van der Waals surface area contributed by atoms with Gasteiger partial charge < -0.3 is 20.1 Å². The highest BCUT2D eigenvalue weighted by atomic mass is 16.5. The van der Waals surface area contributed by atoms with Crippen LogP contribution in [-0.4, -0.2) is 53.7 Å². The van der Waals surface area contributed by atoms with Crippen molar-refractivity contribution >= 4 is 11.8 Å². The molecule has 2 N–H and O–H groups in total. The van der Waals surface area contributed by atoms with E-state index in [0.717, 1.165) is 31.2 Å². The number of hydrogen-bond acceptors (Lipinski definition) is 4. The number of nitrogens with zero attached hydrogens (tertiary/aromatic N) is 1. The molecule has 3 rings (SSSR count). The second-order valence-electron chi connectivity index (χ2n) is 8.40. The molecule has 1 heterocycles. The van der Waals surface area contributed by atoms with Gasteiger partial charge in [-0.15, -0.1) is 0 Å². The van der Waals surface area contributed by atoms with Crippen LogP contribution in [0.5, 0.6) is 5.75 Å². The zero-order chi connectivity index (χ0) is 20.3. The highest BCUT2D eigenvalue weighted by molar-refractivity contribution is 5.79. The molecule has 1 aromatic carbocycles. The molecule has 6 nitrogen and oxygen atoms in total. The molecule has 2 aliphatic rings. The summed E-state index contributed by atoms with van der Waals surface area (Å²) < 4.78 is 5.31. The smallest absolute Gasteiger partial charge is 0.224 e. The first-order valence-electron chi connectivity index (χ1n) is 10.2. The van der Waals surface area contributed by atoms with Crippen LogP contribution in [0.4, 0.5) is 0 Å². The fourth-order valence-corrected chi connectivity index (χ4v) is 5.11. The number of carbonyl (C=O) groups is 2. The standard InChI is InChI=1S/C22H32N2O4/c1-15(25)24-17(13-22(2)19(24)10-6-7-11-20(22)26)14-23-21(27)12-16-8-4-5-9-18(16)28-3/h4-5,8-9,17,19-20,26H,6-7,10-14H2,1-3H3,(H,23,27)/t17-,19-,20+,22-/m1/s1. The fourth-order valence-electron chi connectivity index (χ4n) is 5.11. The monoisotopic (exact) mass is 388 g/mol. The Hall–Kier alpha value is -2.08. The Morgan fingerprint density at radius 2 is 2.00 bits per heavy atom. The molecule has 1 saturated carbocycles. The second-order valence-corrected chi connectivity index (χ2v) is 8.40. The third-order valence-corrected chi connectivity index (χ3v) is 6.57. The molecule has 2 amide bonds. The number of aliphatic hydroxyl groups excluding tert-OH is 1. The molecule has 2 fully saturated rings. The number of para-hydroxylation sites is 1. The Morgan fingerprint density at radius 3 is 2.71 bits per heavy atom. The lowest BCUT2D eigenvalue weighted by atomic mass is 9.75. The summed E-state index contributed by atoms with van der Waals surface area (Å²) in [5.74, 6) is 0.624. The van der Waals surface area contributed by atoms with E-state index >= 15 is 0 Å². The van der Waals surface area contributed by atoms with E-state index in [1.807, 2.05) is 29.2 Å². The molecule has 1 aliphatic carbocycles. The molecule has 0 bridgehead atoms. The van der Waals surface area contributed by atoms with Crippen LogP contribution in [0.25, 0.3) is 0 Å². The van der Waals surface area contributed by atoms with Crippen LogP contribution in [0.1, 0.15) is 51.5 Å². The van der Waals surface area contributed by atoms with E-state index in [1.54, 1.807) is 14.0 Å². The van der Waals surface area contributed by atoms with Gasteiger partial charge in [-0.3, -0.25) is 9.59 Å². The number of amides is 2. The minimum Gasteiger partial charge on any atom is -0.496 e. The van der Waals surface area contributed by atoms with Gasteiger partial charge in [0.1, 0.15) is 5.75 Å². The third kappa shape index (κ3) is 4.02. The summed E-state index contributed by atoms with van der Waals surface area (Å²) in [6.07, 6.45) is 4.27. The number of methoxy groups -OCH3 is 1. The first-order chi connectivity index (χ1) is 13.4. The van der Waals surface area contributed by atoms with E-state index in [2.05, 4.69) is 12.2 Å². The summed E-state index contributed by atoms with van der Waals surface area (Å²) in [5.41, 5.74) is 0.533. The van der Waals surface area contributed by atoms with E-state index in [-0.39, 0.29) is 35.7 Å². The van der Waals surface area contributed by atoms with E-state index in [4.69, 9.17) is 4.74 Å². The fraction of sp³-hybridized carbons (Fsp3) is 0.636. The highest BCUT2D eigenvalue weighted by Gasteiger charge is 2.54. The Labute approximate surface area is 167 Å². The first-order valence-corrected chi connectivity index (χ1v) is 10.2. The molecule has 1 aliphatic heterocycles. The van der Waals surface area contributed by atoms with Crippen molar-refractivity contribution < 1.29 is 19.4 Å². The lowest BCUT2D eigenvalue weighted by molar-refractivity contribution is -0.133. The van der Waals surface area contributed by atoms with Crippen molar-refractivity contribution in [2.75, 3.05) is 13.7 Å². The van der Waals surface area contributed by atoms with Crippen molar-refractivity contribution in [2.45, 2.75) is 70.6 Å². The number of ether oxygens (including phenoxy) is 1. The van der Waals surface area contributed by atoms with Gasteiger partial charge in [0.2, 0.25) is 11.8 Å². The molecule has 28 heavy (non-hydrogen) atoms. The highest BCUT2D eigenvalue weighted by Crippen LogP contribution is 2.48. The van der Waals surface area contributed by atoms with Gasteiger partial charge in [-0.2, -0.15) is 0 Å². The van der Waals surface area contributed by atoms with Crippen molar-refractivity contribution in [2.24, 2.45) is 5.41 Å². The number of hydrogen-bond donors (Lipinski definition) is 2. The SMILES string of the molecule is COc1ccccc1CC(=O)NC[C@H]1C[C@@]2(C)[C@@H](O)CCCC[C@H]2N1C(C)=O. The van der Waals surface area contributed by atoms with Crippen LogP contribution in [0.2, 0.25) is 0 Å². The summed E-state index contributed by atoms with van der Waals surface area (Å²) in [5, 5.41) is 13.7. The predicted molar refractivity (Wildman–Crippen MR) is 107 cm³/mol. The summed E-state index contributed by atoms with van der Waals surface area (Å²) >= 11 is 0. The van der Waals surface area contributed by atoms with Crippen LogP contribution >= 0.6 is 0 Å². The first kappa shape index (κ1) is 20.6. The zero-order valence-electron chi connectivity index (χ0n) is 17.1.